The molecule has 0 aliphatic heterocycles. The average molecular weight is 453 g/mol. The fourth-order valence-corrected chi connectivity index (χ4v) is 4.21. The fraction of sp³-hybridized carbons (Fsp3) is 0.240. The normalized spacial score (nSPS) is 12.1. The molecule has 0 heterocycles. The van der Waals surface area contributed by atoms with Crippen LogP contribution < -0.4 is 14.8 Å². The van der Waals surface area contributed by atoms with Crippen LogP contribution in [-0.4, -0.2) is 20.4 Å². The molecular weight excluding hydrogens is 424 g/mol. The zero-order chi connectivity index (χ0) is 23.3. The summed E-state index contributed by atoms with van der Waals surface area (Å²) in [6.07, 6.45) is 1.00. The lowest BCUT2D eigenvalue weighted by atomic mass is 10.1. The Labute approximate surface area is 189 Å². The first kappa shape index (κ1) is 23.3. The second-order valence-electron chi connectivity index (χ2n) is 7.82. The number of carbonyl (C=O) groups is 1. The Kier molecular flexibility index (Phi) is 7.20. The molecule has 0 saturated heterocycles. The summed E-state index contributed by atoms with van der Waals surface area (Å²) < 4.78 is 33.7. The maximum absolute atomic E-state index is 12.7. The second-order valence-corrected chi connectivity index (χ2v) is 9.50. The molecule has 32 heavy (non-hydrogen) atoms. The lowest BCUT2D eigenvalue weighted by Gasteiger charge is -2.13. The summed E-state index contributed by atoms with van der Waals surface area (Å²) in [6.45, 7) is 7.85. The summed E-state index contributed by atoms with van der Waals surface area (Å²) in [5, 5.41) is 2.78. The highest BCUT2D eigenvalue weighted by atomic mass is 32.2. The molecule has 7 heteroatoms. The van der Waals surface area contributed by atoms with Gasteiger partial charge in [0.2, 0.25) is 0 Å². The molecule has 3 aromatic rings. The molecule has 0 aliphatic carbocycles. The first-order valence-corrected chi connectivity index (χ1v) is 11.9. The molecule has 0 bridgehead atoms. The number of carbonyl (C=O) groups excluding carboxylic acids is 1. The number of anilines is 2. The number of nitrogens with one attached hydrogen (secondary N) is 2. The summed E-state index contributed by atoms with van der Waals surface area (Å²) in [6, 6.07) is 18.5. The Bertz CT molecular complexity index is 1170. The molecule has 0 radical (unpaired) electrons. The molecule has 0 fully saturated rings. The van der Waals surface area contributed by atoms with Crippen molar-refractivity contribution in [3.05, 3.63) is 83.4 Å². The minimum absolute atomic E-state index is 0.105. The van der Waals surface area contributed by atoms with E-state index in [0.717, 1.165) is 17.5 Å². The molecule has 1 atom stereocenters. The first-order chi connectivity index (χ1) is 15.2. The Morgan fingerprint density at radius 1 is 0.906 bits per heavy atom. The summed E-state index contributed by atoms with van der Waals surface area (Å²) in [5.74, 6) is 0.422. The molecule has 0 aliphatic rings. The standard InChI is InChI=1S/C25H28N2O4S/c1-5-19(4)31-23-10-6-20(7-11-23)25(28)26-21-8-12-24(13-9-21)32(29,30)27-22-15-17(2)14-18(3)16-22/h6-16,19,27H,5H2,1-4H3,(H,26,28). The van der Waals surface area contributed by atoms with Crippen molar-refractivity contribution in [1.29, 1.82) is 0 Å². The van der Waals surface area contributed by atoms with Crippen molar-refractivity contribution in [2.75, 3.05) is 10.0 Å². The molecule has 3 rings (SSSR count). The summed E-state index contributed by atoms with van der Waals surface area (Å²) in [5.41, 5.74) is 3.44. The predicted molar refractivity (Wildman–Crippen MR) is 128 cm³/mol. The molecule has 6 nitrogen and oxygen atoms in total. The van der Waals surface area contributed by atoms with E-state index in [1.54, 1.807) is 48.5 Å². The van der Waals surface area contributed by atoms with Gasteiger partial charge in [0.15, 0.2) is 0 Å². The summed E-state index contributed by atoms with van der Waals surface area (Å²) >= 11 is 0. The zero-order valence-corrected chi connectivity index (χ0v) is 19.5. The molecule has 0 saturated carbocycles. The van der Waals surface area contributed by atoms with Gasteiger partial charge in [0.05, 0.1) is 11.0 Å². The van der Waals surface area contributed by atoms with Gasteiger partial charge in [-0.3, -0.25) is 9.52 Å². The lowest BCUT2D eigenvalue weighted by Crippen LogP contribution is -2.14. The van der Waals surface area contributed by atoms with E-state index >= 15 is 0 Å². The number of sulfonamides is 1. The van der Waals surface area contributed by atoms with Gasteiger partial charge < -0.3 is 10.1 Å². The van der Waals surface area contributed by atoms with Gasteiger partial charge in [-0.25, -0.2) is 8.42 Å². The van der Waals surface area contributed by atoms with E-state index in [9.17, 15) is 13.2 Å². The highest BCUT2D eigenvalue weighted by molar-refractivity contribution is 7.92. The van der Waals surface area contributed by atoms with Crippen molar-refractivity contribution >= 4 is 27.3 Å². The van der Waals surface area contributed by atoms with Crippen LogP contribution in [0, 0.1) is 13.8 Å². The Morgan fingerprint density at radius 2 is 1.50 bits per heavy atom. The fourth-order valence-electron chi connectivity index (χ4n) is 3.17. The highest BCUT2D eigenvalue weighted by Gasteiger charge is 2.15. The number of rotatable bonds is 8. The Balaban J connectivity index is 1.66. The summed E-state index contributed by atoms with van der Waals surface area (Å²) in [7, 11) is -3.74. The number of amides is 1. The van der Waals surface area contributed by atoms with Gasteiger partial charge in [0, 0.05) is 16.9 Å². The van der Waals surface area contributed by atoms with Gasteiger partial charge in [0.25, 0.3) is 15.9 Å². The van der Waals surface area contributed by atoms with Crippen LogP contribution in [0.3, 0.4) is 0 Å². The minimum Gasteiger partial charge on any atom is -0.491 e. The maximum atomic E-state index is 12.7. The Morgan fingerprint density at radius 3 is 2.06 bits per heavy atom. The van der Waals surface area contributed by atoms with Gasteiger partial charge >= 0.3 is 0 Å². The van der Waals surface area contributed by atoms with E-state index in [0.29, 0.717) is 22.7 Å². The van der Waals surface area contributed by atoms with Crippen molar-refractivity contribution < 1.29 is 17.9 Å². The van der Waals surface area contributed by atoms with Crippen molar-refractivity contribution in [3.8, 4) is 5.75 Å². The third kappa shape index (κ3) is 6.11. The van der Waals surface area contributed by atoms with Crippen molar-refractivity contribution in [1.82, 2.24) is 0 Å². The van der Waals surface area contributed by atoms with Crippen LogP contribution in [0.1, 0.15) is 41.8 Å². The quantitative estimate of drug-likeness (QED) is 0.470. The van der Waals surface area contributed by atoms with Crippen molar-refractivity contribution in [3.63, 3.8) is 0 Å². The largest absolute Gasteiger partial charge is 0.491 e. The predicted octanol–water partition coefficient (Wildman–Crippen LogP) is 5.53. The molecule has 1 unspecified atom stereocenters. The highest BCUT2D eigenvalue weighted by Crippen LogP contribution is 2.21. The minimum atomic E-state index is -3.74. The third-order valence-electron chi connectivity index (χ3n) is 4.93. The van der Waals surface area contributed by atoms with Crippen LogP contribution in [0.25, 0.3) is 0 Å². The number of hydrogen-bond donors (Lipinski definition) is 2. The monoisotopic (exact) mass is 452 g/mol. The second kappa shape index (κ2) is 9.87. The molecule has 168 valence electrons. The SMILES string of the molecule is CCC(C)Oc1ccc(C(=O)Nc2ccc(S(=O)(=O)Nc3cc(C)cc(C)c3)cc2)cc1. The molecule has 0 spiro atoms. The topological polar surface area (TPSA) is 84.5 Å². The smallest absolute Gasteiger partial charge is 0.261 e. The molecule has 0 aromatic heterocycles. The van der Waals surface area contributed by atoms with E-state index in [1.165, 1.54) is 12.1 Å². The van der Waals surface area contributed by atoms with E-state index in [4.69, 9.17) is 4.74 Å². The zero-order valence-electron chi connectivity index (χ0n) is 18.7. The van der Waals surface area contributed by atoms with Crippen molar-refractivity contribution in [2.24, 2.45) is 0 Å². The molecular formula is C25H28N2O4S. The van der Waals surface area contributed by atoms with E-state index in [1.807, 2.05) is 33.8 Å². The van der Waals surface area contributed by atoms with E-state index in [-0.39, 0.29) is 16.9 Å². The molecule has 2 N–H and O–H groups in total. The van der Waals surface area contributed by atoms with Gasteiger partial charge in [-0.05, 0) is 99.0 Å². The maximum Gasteiger partial charge on any atom is 0.261 e. The number of hydrogen-bond acceptors (Lipinski definition) is 4. The van der Waals surface area contributed by atoms with Crippen LogP contribution in [0.15, 0.2) is 71.6 Å². The number of aryl methyl sites for hydroxylation is 2. The molecule has 3 aromatic carbocycles. The third-order valence-corrected chi connectivity index (χ3v) is 6.32. The van der Waals surface area contributed by atoms with Crippen LogP contribution in [-0.2, 0) is 10.0 Å². The van der Waals surface area contributed by atoms with E-state index in [2.05, 4.69) is 10.0 Å². The molecule has 1 amide bonds. The Hall–Kier alpha value is -3.32. The van der Waals surface area contributed by atoms with Crippen LogP contribution in [0.2, 0.25) is 0 Å². The van der Waals surface area contributed by atoms with Gasteiger partial charge in [-0.2, -0.15) is 0 Å². The van der Waals surface area contributed by atoms with Gasteiger partial charge in [-0.15, -0.1) is 0 Å². The van der Waals surface area contributed by atoms with Crippen LogP contribution in [0.5, 0.6) is 5.75 Å². The first-order valence-electron chi connectivity index (χ1n) is 10.5. The van der Waals surface area contributed by atoms with Crippen LogP contribution >= 0.6 is 0 Å². The lowest BCUT2D eigenvalue weighted by molar-refractivity contribution is 0.102. The summed E-state index contributed by atoms with van der Waals surface area (Å²) in [4.78, 5) is 12.6. The number of ether oxygens (including phenoxy) is 1. The van der Waals surface area contributed by atoms with E-state index < -0.39 is 10.0 Å². The van der Waals surface area contributed by atoms with Crippen molar-refractivity contribution in [2.45, 2.75) is 45.1 Å². The average Bonchev–Trinajstić information content (AvgIpc) is 2.73. The number of benzene rings is 3. The van der Waals surface area contributed by atoms with Gasteiger partial charge in [0.1, 0.15) is 5.75 Å². The van der Waals surface area contributed by atoms with Gasteiger partial charge in [-0.1, -0.05) is 13.0 Å². The van der Waals surface area contributed by atoms with Crippen LogP contribution in [0.4, 0.5) is 11.4 Å².